The molecule has 23 heavy (non-hydrogen) atoms. The number of aliphatic hydroxyl groups excluding tert-OH is 1. The Morgan fingerprint density at radius 3 is 2.48 bits per heavy atom. The van der Waals surface area contributed by atoms with Gasteiger partial charge in [0.05, 0.1) is 11.8 Å². The maximum Gasteiger partial charge on any atom is 0.0626 e. The SMILES string of the molecule is C=CCc1ccc(-c2ccc(/C=C/CCCC(C)O)nc2)cc1. The summed E-state index contributed by atoms with van der Waals surface area (Å²) in [5.74, 6) is 0. The minimum absolute atomic E-state index is 0.210. The molecule has 0 bridgehead atoms. The largest absolute Gasteiger partial charge is 0.393 e. The molecule has 120 valence electrons. The summed E-state index contributed by atoms with van der Waals surface area (Å²) in [6, 6.07) is 12.7. The van der Waals surface area contributed by atoms with Crippen LogP contribution >= 0.6 is 0 Å². The first-order valence-corrected chi connectivity index (χ1v) is 8.20. The summed E-state index contributed by atoms with van der Waals surface area (Å²) in [5, 5.41) is 9.21. The van der Waals surface area contributed by atoms with E-state index >= 15 is 0 Å². The van der Waals surface area contributed by atoms with Crippen molar-refractivity contribution in [3.8, 4) is 11.1 Å². The molecule has 0 saturated carbocycles. The zero-order chi connectivity index (χ0) is 16.5. The van der Waals surface area contributed by atoms with Crippen LogP contribution in [0, 0.1) is 0 Å². The lowest BCUT2D eigenvalue weighted by molar-refractivity contribution is 0.182. The molecule has 2 aromatic rings. The van der Waals surface area contributed by atoms with E-state index in [0.29, 0.717) is 0 Å². The van der Waals surface area contributed by atoms with Gasteiger partial charge < -0.3 is 5.11 Å². The third-order valence-electron chi connectivity index (χ3n) is 3.73. The van der Waals surface area contributed by atoms with Crippen LogP contribution in [0.25, 0.3) is 17.2 Å². The van der Waals surface area contributed by atoms with E-state index in [-0.39, 0.29) is 6.10 Å². The molecule has 0 fully saturated rings. The van der Waals surface area contributed by atoms with Gasteiger partial charge in [0.15, 0.2) is 0 Å². The summed E-state index contributed by atoms with van der Waals surface area (Å²) in [5.41, 5.74) is 4.54. The predicted octanol–water partition coefficient (Wildman–Crippen LogP) is 5.04. The number of aliphatic hydroxyl groups is 1. The Labute approximate surface area is 139 Å². The van der Waals surface area contributed by atoms with Crippen molar-refractivity contribution in [2.45, 2.75) is 38.7 Å². The fraction of sp³-hybridized carbons (Fsp3) is 0.286. The summed E-state index contributed by atoms with van der Waals surface area (Å²) >= 11 is 0. The van der Waals surface area contributed by atoms with E-state index in [2.05, 4.69) is 48.0 Å². The second kappa shape index (κ2) is 9.06. The average Bonchev–Trinajstić information content (AvgIpc) is 2.56. The number of hydrogen-bond donors (Lipinski definition) is 1. The lowest BCUT2D eigenvalue weighted by atomic mass is 10.0. The van der Waals surface area contributed by atoms with E-state index in [0.717, 1.165) is 36.9 Å². The molecule has 0 aliphatic carbocycles. The summed E-state index contributed by atoms with van der Waals surface area (Å²) < 4.78 is 0. The molecule has 0 spiro atoms. The van der Waals surface area contributed by atoms with E-state index in [1.165, 1.54) is 11.1 Å². The third kappa shape index (κ3) is 5.84. The van der Waals surface area contributed by atoms with Gasteiger partial charge in [0.2, 0.25) is 0 Å². The van der Waals surface area contributed by atoms with Gasteiger partial charge in [-0.2, -0.15) is 0 Å². The lowest BCUT2D eigenvalue weighted by Gasteiger charge is -2.03. The van der Waals surface area contributed by atoms with Gasteiger partial charge in [-0.05, 0) is 55.9 Å². The fourth-order valence-corrected chi connectivity index (χ4v) is 2.41. The number of aromatic nitrogens is 1. The van der Waals surface area contributed by atoms with Gasteiger partial charge in [0.25, 0.3) is 0 Å². The number of pyridine rings is 1. The maximum absolute atomic E-state index is 9.21. The molecule has 1 aromatic carbocycles. The lowest BCUT2D eigenvalue weighted by Crippen LogP contribution is -1.97. The van der Waals surface area contributed by atoms with Crippen molar-refractivity contribution in [1.82, 2.24) is 4.98 Å². The van der Waals surface area contributed by atoms with Gasteiger partial charge in [-0.3, -0.25) is 4.98 Å². The van der Waals surface area contributed by atoms with Crippen LogP contribution in [-0.2, 0) is 6.42 Å². The van der Waals surface area contributed by atoms with E-state index < -0.39 is 0 Å². The van der Waals surface area contributed by atoms with Gasteiger partial charge in [-0.15, -0.1) is 6.58 Å². The van der Waals surface area contributed by atoms with Crippen molar-refractivity contribution in [3.05, 3.63) is 72.6 Å². The zero-order valence-corrected chi connectivity index (χ0v) is 13.8. The van der Waals surface area contributed by atoms with Crippen molar-refractivity contribution in [1.29, 1.82) is 0 Å². The van der Waals surface area contributed by atoms with Gasteiger partial charge in [-0.1, -0.05) is 42.5 Å². The Morgan fingerprint density at radius 1 is 1.13 bits per heavy atom. The van der Waals surface area contributed by atoms with Gasteiger partial charge >= 0.3 is 0 Å². The molecule has 0 amide bonds. The number of rotatable bonds is 8. The molecular weight excluding hydrogens is 282 g/mol. The van der Waals surface area contributed by atoms with Crippen molar-refractivity contribution in [2.75, 3.05) is 0 Å². The standard InChI is InChI=1S/C21H25NO/c1-3-7-18-10-12-19(13-11-18)20-14-15-21(22-16-20)9-6-4-5-8-17(2)23/h3,6,9-17,23H,1,4-5,7-8H2,2H3/b9-6+. The van der Waals surface area contributed by atoms with Crippen LogP contribution in [0.1, 0.15) is 37.4 Å². The van der Waals surface area contributed by atoms with Gasteiger partial charge in [0.1, 0.15) is 0 Å². The van der Waals surface area contributed by atoms with E-state index in [4.69, 9.17) is 0 Å². The Balaban J connectivity index is 1.93. The number of unbranched alkanes of at least 4 members (excludes halogenated alkanes) is 1. The molecule has 2 rings (SSSR count). The van der Waals surface area contributed by atoms with Crippen molar-refractivity contribution >= 4 is 6.08 Å². The van der Waals surface area contributed by atoms with Crippen LogP contribution in [0.4, 0.5) is 0 Å². The normalized spacial score (nSPS) is 12.4. The van der Waals surface area contributed by atoms with Crippen molar-refractivity contribution < 1.29 is 5.11 Å². The smallest absolute Gasteiger partial charge is 0.0626 e. The summed E-state index contributed by atoms with van der Waals surface area (Å²) in [4.78, 5) is 4.49. The number of hydrogen-bond acceptors (Lipinski definition) is 2. The highest BCUT2D eigenvalue weighted by atomic mass is 16.3. The summed E-state index contributed by atoms with van der Waals surface area (Å²) in [6.45, 7) is 5.59. The first-order chi connectivity index (χ1) is 11.2. The molecule has 2 heteroatoms. The molecule has 0 aliphatic heterocycles. The monoisotopic (exact) mass is 307 g/mol. The van der Waals surface area contributed by atoms with Gasteiger partial charge in [-0.25, -0.2) is 0 Å². The van der Waals surface area contributed by atoms with E-state index in [9.17, 15) is 5.11 Å². The quantitative estimate of drug-likeness (QED) is 0.547. The molecule has 0 saturated heterocycles. The Bertz CT molecular complexity index is 624. The molecule has 1 aromatic heterocycles. The van der Waals surface area contributed by atoms with Crippen LogP contribution in [-0.4, -0.2) is 16.2 Å². The van der Waals surface area contributed by atoms with E-state index in [1.807, 2.05) is 31.3 Å². The first-order valence-electron chi connectivity index (χ1n) is 8.20. The third-order valence-corrected chi connectivity index (χ3v) is 3.73. The van der Waals surface area contributed by atoms with Crippen LogP contribution in [0.5, 0.6) is 0 Å². The molecule has 0 radical (unpaired) electrons. The maximum atomic E-state index is 9.21. The Morgan fingerprint density at radius 2 is 1.87 bits per heavy atom. The molecule has 1 unspecified atom stereocenters. The zero-order valence-electron chi connectivity index (χ0n) is 13.8. The minimum atomic E-state index is -0.210. The Hall–Kier alpha value is -2.19. The second-order valence-corrected chi connectivity index (χ2v) is 5.84. The van der Waals surface area contributed by atoms with Crippen molar-refractivity contribution in [3.63, 3.8) is 0 Å². The Kier molecular flexibility index (Phi) is 6.76. The predicted molar refractivity (Wildman–Crippen MR) is 98.1 cm³/mol. The molecule has 2 nitrogen and oxygen atoms in total. The molecular formula is C21H25NO. The summed E-state index contributed by atoms with van der Waals surface area (Å²) in [7, 11) is 0. The minimum Gasteiger partial charge on any atom is -0.393 e. The van der Waals surface area contributed by atoms with Crippen LogP contribution < -0.4 is 0 Å². The number of benzene rings is 1. The van der Waals surface area contributed by atoms with Crippen LogP contribution in [0.3, 0.4) is 0 Å². The summed E-state index contributed by atoms with van der Waals surface area (Å²) in [6.07, 6.45) is 11.5. The molecule has 1 heterocycles. The van der Waals surface area contributed by atoms with Crippen LogP contribution in [0.2, 0.25) is 0 Å². The highest BCUT2D eigenvalue weighted by molar-refractivity contribution is 5.63. The number of allylic oxidation sites excluding steroid dienone is 2. The van der Waals surface area contributed by atoms with E-state index in [1.54, 1.807) is 0 Å². The number of nitrogens with zero attached hydrogens (tertiary/aromatic N) is 1. The van der Waals surface area contributed by atoms with Crippen molar-refractivity contribution in [2.24, 2.45) is 0 Å². The highest BCUT2D eigenvalue weighted by Crippen LogP contribution is 2.19. The fourth-order valence-electron chi connectivity index (χ4n) is 2.41. The van der Waals surface area contributed by atoms with Gasteiger partial charge in [0, 0.05) is 11.8 Å². The van der Waals surface area contributed by atoms with Crippen LogP contribution in [0.15, 0.2) is 61.3 Å². The average molecular weight is 307 g/mol. The highest BCUT2D eigenvalue weighted by Gasteiger charge is 1.99. The molecule has 1 atom stereocenters. The molecule has 1 N–H and O–H groups in total. The molecule has 0 aliphatic rings. The second-order valence-electron chi connectivity index (χ2n) is 5.84. The first kappa shape index (κ1) is 17.2. The topological polar surface area (TPSA) is 33.1 Å².